The third-order valence-corrected chi connectivity index (χ3v) is 3.30. The first-order valence-electron chi connectivity index (χ1n) is 6.41. The summed E-state index contributed by atoms with van der Waals surface area (Å²) in [4.78, 5) is 25.2. The van der Waals surface area contributed by atoms with Crippen LogP contribution in [0.5, 0.6) is 0 Å². The van der Waals surface area contributed by atoms with E-state index in [1.807, 2.05) is 42.5 Å². The summed E-state index contributed by atoms with van der Waals surface area (Å²) in [7, 11) is 1.32. The molecule has 4 heteroatoms. The molecule has 0 saturated carbocycles. The van der Waals surface area contributed by atoms with Crippen molar-refractivity contribution in [3.63, 3.8) is 0 Å². The predicted octanol–water partition coefficient (Wildman–Crippen LogP) is 2.75. The first-order valence-corrected chi connectivity index (χ1v) is 6.41. The van der Waals surface area contributed by atoms with Crippen LogP contribution in [0.2, 0.25) is 0 Å². The lowest BCUT2D eigenvalue weighted by Crippen LogP contribution is -2.43. The molecule has 0 saturated heterocycles. The molecule has 4 nitrogen and oxygen atoms in total. The molecule has 1 atom stereocenters. The number of nitrogens with zero attached hydrogens (tertiary/aromatic N) is 1. The topological polar surface area (TPSA) is 46.6 Å². The van der Waals surface area contributed by atoms with Gasteiger partial charge in [0.2, 0.25) is 5.91 Å². The molecule has 1 amide bonds. The smallest absolute Gasteiger partial charge is 0.328 e. The van der Waals surface area contributed by atoms with E-state index in [-0.39, 0.29) is 5.91 Å². The monoisotopic (exact) mass is 271 g/mol. The summed E-state index contributed by atoms with van der Waals surface area (Å²) in [5, 5.41) is 1.95. The molecular weight excluding hydrogens is 254 g/mol. The number of methoxy groups -OCH3 is 1. The highest BCUT2D eigenvalue weighted by atomic mass is 16.5. The fourth-order valence-corrected chi connectivity index (χ4v) is 2.35. The highest BCUT2D eigenvalue weighted by Gasteiger charge is 2.26. The van der Waals surface area contributed by atoms with E-state index in [2.05, 4.69) is 0 Å². The second kappa shape index (κ2) is 5.74. The molecule has 0 aliphatic carbocycles. The van der Waals surface area contributed by atoms with Crippen LogP contribution in [0.25, 0.3) is 10.8 Å². The van der Waals surface area contributed by atoms with Crippen molar-refractivity contribution < 1.29 is 14.3 Å². The van der Waals surface area contributed by atoms with E-state index in [1.165, 1.54) is 18.9 Å². The number of esters is 1. The number of amides is 1. The largest absolute Gasteiger partial charge is 0.467 e. The molecule has 0 aromatic heterocycles. The summed E-state index contributed by atoms with van der Waals surface area (Å²) in [5.41, 5.74) is 0.716. The van der Waals surface area contributed by atoms with Crippen LogP contribution in [0.4, 0.5) is 5.69 Å². The zero-order valence-electron chi connectivity index (χ0n) is 11.8. The molecule has 0 aliphatic heterocycles. The number of anilines is 1. The molecule has 0 heterocycles. The van der Waals surface area contributed by atoms with Gasteiger partial charge in [0, 0.05) is 12.3 Å². The second-order valence-corrected chi connectivity index (χ2v) is 4.59. The third-order valence-electron chi connectivity index (χ3n) is 3.30. The van der Waals surface area contributed by atoms with Crippen molar-refractivity contribution in [2.24, 2.45) is 0 Å². The van der Waals surface area contributed by atoms with Crippen molar-refractivity contribution in [1.82, 2.24) is 0 Å². The van der Waals surface area contributed by atoms with E-state index < -0.39 is 12.0 Å². The van der Waals surface area contributed by atoms with E-state index in [0.717, 1.165) is 10.8 Å². The zero-order chi connectivity index (χ0) is 14.7. The Morgan fingerprint density at radius 3 is 2.40 bits per heavy atom. The third kappa shape index (κ3) is 2.50. The molecule has 20 heavy (non-hydrogen) atoms. The predicted molar refractivity (Wildman–Crippen MR) is 78.6 cm³/mol. The van der Waals surface area contributed by atoms with Gasteiger partial charge in [0.05, 0.1) is 12.8 Å². The zero-order valence-corrected chi connectivity index (χ0v) is 11.8. The van der Waals surface area contributed by atoms with Gasteiger partial charge in [0.1, 0.15) is 6.04 Å². The summed E-state index contributed by atoms with van der Waals surface area (Å²) in [6.07, 6.45) is 0. The first-order chi connectivity index (χ1) is 9.56. The highest BCUT2D eigenvalue weighted by Crippen LogP contribution is 2.28. The summed E-state index contributed by atoms with van der Waals surface area (Å²) >= 11 is 0. The number of rotatable bonds is 3. The second-order valence-electron chi connectivity index (χ2n) is 4.59. The van der Waals surface area contributed by atoms with Crippen LogP contribution in [0, 0.1) is 0 Å². The van der Waals surface area contributed by atoms with Crippen LogP contribution in [-0.2, 0) is 14.3 Å². The van der Waals surface area contributed by atoms with Gasteiger partial charge < -0.3 is 4.74 Å². The van der Waals surface area contributed by atoms with Crippen molar-refractivity contribution in [3.8, 4) is 0 Å². The molecule has 0 N–H and O–H groups in total. The van der Waals surface area contributed by atoms with Gasteiger partial charge in [0.15, 0.2) is 0 Å². The number of carbonyl (C=O) groups excluding carboxylic acids is 2. The van der Waals surface area contributed by atoms with Crippen molar-refractivity contribution in [2.45, 2.75) is 19.9 Å². The van der Waals surface area contributed by atoms with Crippen LogP contribution < -0.4 is 4.90 Å². The molecule has 104 valence electrons. The van der Waals surface area contributed by atoms with Crippen LogP contribution in [-0.4, -0.2) is 25.0 Å². The fraction of sp³-hybridized carbons (Fsp3) is 0.250. The van der Waals surface area contributed by atoms with Gasteiger partial charge in [-0.25, -0.2) is 4.79 Å². The average Bonchev–Trinajstić information content (AvgIpc) is 2.46. The molecule has 0 aliphatic rings. The summed E-state index contributed by atoms with van der Waals surface area (Å²) < 4.78 is 4.74. The van der Waals surface area contributed by atoms with Gasteiger partial charge in [-0.05, 0) is 18.4 Å². The van der Waals surface area contributed by atoms with Gasteiger partial charge in [-0.1, -0.05) is 36.4 Å². The summed E-state index contributed by atoms with van der Waals surface area (Å²) in [6.45, 7) is 3.11. The molecule has 2 aromatic carbocycles. The summed E-state index contributed by atoms with van der Waals surface area (Å²) in [6, 6.07) is 12.8. The normalized spacial score (nSPS) is 11.9. The Balaban J connectivity index is 2.58. The number of carbonyl (C=O) groups is 2. The maximum Gasteiger partial charge on any atom is 0.328 e. The molecule has 0 bridgehead atoms. The van der Waals surface area contributed by atoms with Gasteiger partial charge in [0.25, 0.3) is 0 Å². The number of benzene rings is 2. The van der Waals surface area contributed by atoms with Crippen molar-refractivity contribution in [2.75, 3.05) is 12.0 Å². The van der Waals surface area contributed by atoms with E-state index in [9.17, 15) is 9.59 Å². The van der Waals surface area contributed by atoms with Gasteiger partial charge >= 0.3 is 5.97 Å². The number of fused-ring (bicyclic) bond motifs is 1. The Morgan fingerprint density at radius 1 is 1.10 bits per heavy atom. The maximum atomic E-state index is 12.0. The highest BCUT2D eigenvalue weighted by molar-refractivity contribution is 6.06. The van der Waals surface area contributed by atoms with Gasteiger partial charge in [-0.15, -0.1) is 0 Å². The Morgan fingerprint density at radius 2 is 1.75 bits per heavy atom. The SMILES string of the molecule is COC(=O)[C@H](C)N(C(C)=O)c1cccc2ccccc12. The van der Waals surface area contributed by atoms with Gasteiger partial charge in [-0.3, -0.25) is 9.69 Å². The maximum absolute atomic E-state index is 12.0. The van der Waals surface area contributed by atoms with Crippen LogP contribution >= 0.6 is 0 Å². The quantitative estimate of drug-likeness (QED) is 0.806. The fourth-order valence-electron chi connectivity index (χ4n) is 2.35. The average molecular weight is 271 g/mol. The van der Waals surface area contributed by atoms with Crippen LogP contribution in [0.1, 0.15) is 13.8 Å². The molecule has 2 aromatic rings. The minimum Gasteiger partial charge on any atom is -0.467 e. The number of ether oxygens (including phenoxy) is 1. The van der Waals surface area contributed by atoms with E-state index in [0.29, 0.717) is 5.69 Å². The standard InChI is InChI=1S/C16H17NO3/c1-11(16(19)20-3)17(12(2)18)15-10-6-8-13-7-4-5-9-14(13)15/h4-11H,1-3H3/t11-/m0/s1. The Hall–Kier alpha value is -2.36. The van der Waals surface area contributed by atoms with Crippen LogP contribution in [0.3, 0.4) is 0 Å². The van der Waals surface area contributed by atoms with E-state index >= 15 is 0 Å². The number of hydrogen-bond donors (Lipinski definition) is 0. The van der Waals surface area contributed by atoms with Crippen molar-refractivity contribution in [3.05, 3.63) is 42.5 Å². The molecule has 0 radical (unpaired) electrons. The lowest BCUT2D eigenvalue weighted by Gasteiger charge is -2.27. The van der Waals surface area contributed by atoms with Crippen LogP contribution in [0.15, 0.2) is 42.5 Å². The minimum absolute atomic E-state index is 0.195. The van der Waals surface area contributed by atoms with Crippen molar-refractivity contribution >= 4 is 28.3 Å². The lowest BCUT2D eigenvalue weighted by molar-refractivity contribution is -0.142. The first kappa shape index (κ1) is 14.1. The molecule has 0 fully saturated rings. The van der Waals surface area contributed by atoms with E-state index in [4.69, 9.17) is 4.74 Å². The van der Waals surface area contributed by atoms with E-state index in [1.54, 1.807) is 6.92 Å². The summed E-state index contributed by atoms with van der Waals surface area (Å²) in [5.74, 6) is -0.632. The Kier molecular flexibility index (Phi) is 4.03. The molecule has 0 unspecified atom stereocenters. The molecule has 0 spiro atoms. The Bertz CT molecular complexity index is 646. The van der Waals surface area contributed by atoms with Crippen molar-refractivity contribution in [1.29, 1.82) is 0 Å². The number of hydrogen-bond acceptors (Lipinski definition) is 3. The lowest BCUT2D eigenvalue weighted by atomic mass is 10.1. The van der Waals surface area contributed by atoms with Gasteiger partial charge in [-0.2, -0.15) is 0 Å². The molecule has 2 rings (SSSR count). The Labute approximate surface area is 117 Å². The minimum atomic E-state index is -0.664. The molecular formula is C16H17NO3.